The Morgan fingerprint density at radius 3 is 2.50 bits per heavy atom. The summed E-state index contributed by atoms with van der Waals surface area (Å²) in [4.78, 5) is 41.3. The Bertz CT molecular complexity index is 1650. The van der Waals surface area contributed by atoms with E-state index in [1.54, 1.807) is 56.0 Å². The Morgan fingerprint density at radius 1 is 1.05 bits per heavy atom. The molecule has 3 heterocycles. The van der Waals surface area contributed by atoms with E-state index in [9.17, 15) is 23.2 Å². The van der Waals surface area contributed by atoms with Crippen molar-refractivity contribution in [2.24, 2.45) is 0 Å². The Balaban J connectivity index is 1.52. The van der Waals surface area contributed by atoms with Crippen molar-refractivity contribution < 1.29 is 23.1 Å². The summed E-state index contributed by atoms with van der Waals surface area (Å²) in [7, 11) is 0. The zero-order valence-corrected chi connectivity index (χ0v) is 23.0. The van der Waals surface area contributed by atoms with Crippen LogP contribution in [0, 0.1) is 11.6 Å². The predicted molar refractivity (Wildman–Crippen MR) is 151 cm³/mol. The zero-order valence-electron chi connectivity index (χ0n) is 22.2. The maximum atomic E-state index is 14.6. The number of fused-ring (bicyclic) bond motifs is 1. The van der Waals surface area contributed by atoms with E-state index in [1.807, 2.05) is 6.07 Å². The van der Waals surface area contributed by atoms with Crippen LogP contribution in [-0.2, 0) is 4.74 Å². The van der Waals surface area contributed by atoms with E-state index in [0.29, 0.717) is 28.9 Å². The zero-order chi connectivity index (χ0) is 28.6. The van der Waals surface area contributed by atoms with Gasteiger partial charge in [0.1, 0.15) is 26.9 Å². The number of ether oxygens (including phenoxy) is 1. The number of nitrogens with zero attached hydrogens (tertiary/aromatic N) is 2. The number of rotatable bonds is 5. The minimum atomic E-state index is -0.828. The van der Waals surface area contributed by atoms with Crippen LogP contribution in [0.1, 0.15) is 36.9 Å². The van der Waals surface area contributed by atoms with Gasteiger partial charge in [0.15, 0.2) is 0 Å². The number of carbonyl (C=O) groups excluding carboxylic acids is 2. The highest BCUT2D eigenvalue weighted by atomic mass is 32.1. The first-order valence-corrected chi connectivity index (χ1v) is 13.6. The van der Waals surface area contributed by atoms with Crippen LogP contribution in [0.5, 0.6) is 0 Å². The third-order valence-electron chi connectivity index (χ3n) is 6.33. The van der Waals surface area contributed by atoms with Crippen molar-refractivity contribution in [2.75, 3.05) is 18.4 Å². The topological polar surface area (TPSA) is 92.7 Å². The van der Waals surface area contributed by atoms with E-state index in [0.717, 1.165) is 23.5 Å². The summed E-state index contributed by atoms with van der Waals surface area (Å²) in [5, 5.41) is 6.44. The lowest BCUT2D eigenvalue weighted by Crippen LogP contribution is -2.40. The summed E-state index contributed by atoms with van der Waals surface area (Å²) in [6.07, 6.45) is 0.0760. The molecule has 0 bridgehead atoms. The maximum absolute atomic E-state index is 14.6. The third kappa shape index (κ3) is 5.69. The van der Waals surface area contributed by atoms with Gasteiger partial charge in [0.05, 0.1) is 17.1 Å². The third-order valence-corrected chi connectivity index (χ3v) is 7.52. The lowest BCUT2D eigenvalue weighted by Gasteiger charge is -2.24. The summed E-state index contributed by atoms with van der Waals surface area (Å²) in [5.41, 5.74) is -0.0654. The highest BCUT2D eigenvalue weighted by molar-refractivity contribution is 7.21. The number of carbonyl (C=O) groups is 2. The molecule has 0 unspecified atom stereocenters. The normalized spacial score (nSPS) is 15.3. The molecule has 2 amide bonds. The molecule has 2 aromatic carbocycles. The second-order valence-corrected chi connectivity index (χ2v) is 11.5. The number of pyridine rings is 1. The highest BCUT2D eigenvalue weighted by Gasteiger charge is 2.32. The number of likely N-dealkylation sites (tertiary alicyclic amines) is 1. The van der Waals surface area contributed by atoms with Gasteiger partial charge in [-0.2, -0.15) is 0 Å². The van der Waals surface area contributed by atoms with Crippen LogP contribution < -0.4 is 16.2 Å². The van der Waals surface area contributed by atoms with Crippen molar-refractivity contribution in [2.45, 2.75) is 38.8 Å². The average molecular weight is 567 g/mol. The number of anilines is 2. The number of nitrogens with one attached hydrogen (secondary N) is 2. The van der Waals surface area contributed by atoms with Crippen molar-refractivity contribution in [1.29, 1.82) is 0 Å². The van der Waals surface area contributed by atoms with Crippen LogP contribution >= 0.6 is 11.3 Å². The molecule has 2 N–H and O–H groups in total. The SMILES string of the molecule is CC(C)(C)OC(=O)N1CC[C@@H](NC(=O)c2sc3c(ccc(=O)n3-c3ccccc3)c2Nc2ccc(F)cc2F)C1. The molecule has 2 aromatic heterocycles. The van der Waals surface area contributed by atoms with E-state index < -0.39 is 29.2 Å². The standard InChI is InChI=1S/C29H28F2N4O4S/c1-29(2,3)39-28(38)34-14-13-18(16-34)32-26(37)25-24(33-22-11-9-17(30)15-21(22)31)20-10-12-23(36)35(27(20)40-25)19-7-5-4-6-8-19/h4-12,15,18,33H,13-14,16H2,1-3H3,(H,32,37)/t18-/m1/s1. The molecule has 40 heavy (non-hydrogen) atoms. The number of hydrogen-bond donors (Lipinski definition) is 2. The Labute approximate surface area is 233 Å². The van der Waals surface area contributed by atoms with Gasteiger partial charge in [-0.1, -0.05) is 18.2 Å². The average Bonchev–Trinajstić information content (AvgIpc) is 3.50. The van der Waals surface area contributed by atoms with Crippen molar-refractivity contribution in [3.8, 4) is 5.69 Å². The molecule has 208 valence electrons. The van der Waals surface area contributed by atoms with Gasteiger partial charge < -0.3 is 20.3 Å². The number of para-hydroxylation sites is 1. The first-order valence-electron chi connectivity index (χ1n) is 12.7. The van der Waals surface area contributed by atoms with Crippen molar-refractivity contribution in [3.05, 3.63) is 87.5 Å². The molecule has 4 aromatic rings. The Kier molecular flexibility index (Phi) is 7.33. The molecule has 0 radical (unpaired) electrons. The van der Waals surface area contributed by atoms with Crippen molar-refractivity contribution in [1.82, 2.24) is 14.8 Å². The first-order chi connectivity index (χ1) is 19.0. The van der Waals surface area contributed by atoms with Gasteiger partial charge in [0.2, 0.25) is 0 Å². The molecule has 1 atom stereocenters. The van der Waals surface area contributed by atoms with Gasteiger partial charge in [-0.15, -0.1) is 11.3 Å². The molecule has 1 saturated heterocycles. The largest absolute Gasteiger partial charge is 0.444 e. The number of aromatic nitrogens is 1. The monoisotopic (exact) mass is 566 g/mol. The number of amides is 2. The van der Waals surface area contributed by atoms with Crippen LogP contribution in [0.2, 0.25) is 0 Å². The van der Waals surface area contributed by atoms with E-state index in [4.69, 9.17) is 4.74 Å². The number of thiophene rings is 1. The Morgan fingerprint density at radius 2 is 1.80 bits per heavy atom. The summed E-state index contributed by atoms with van der Waals surface area (Å²) < 4.78 is 35.1. The van der Waals surface area contributed by atoms with E-state index in [1.165, 1.54) is 16.7 Å². The predicted octanol–water partition coefficient (Wildman–Crippen LogP) is 5.81. The molecule has 1 aliphatic rings. The molecular formula is C29H28F2N4O4S. The van der Waals surface area contributed by atoms with Crippen LogP contribution in [0.25, 0.3) is 15.9 Å². The summed E-state index contributed by atoms with van der Waals surface area (Å²) in [6, 6.07) is 14.7. The van der Waals surface area contributed by atoms with Gasteiger partial charge in [0.25, 0.3) is 11.5 Å². The fraction of sp³-hybridized carbons (Fsp3) is 0.276. The fourth-order valence-electron chi connectivity index (χ4n) is 4.53. The highest BCUT2D eigenvalue weighted by Crippen LogP contribution is 2.38. The van der Waals surface area contributed by atoms with Gasteiger partial charge in [-0.3, -0.25) is 14.2 Å². The van der Waals surface area contributed by atoms with Crippen LogP contribution in [0.4, 0.5) is 25.0 Å². The number of benzene rings is 2. The smallest absolute Gasteiger partial charge is 0.410 e. The van der Waals surface area contributed by atoms with Gasteiger partial charge in [-0.25, -0.2) is 13.6 Å². The second kappa shape index (κ2) is 10.7. The first kappa shape index (κ1) is 27.3. The number of hydrogen-bond acceptors (Lipinski definition) is 6. The van der Waals surface area contributed by atoms with E-state index in [-0.39, 0.29) is 34.4 Å². The molecule has 1 fully saturated rings. The van der Waals surface area contributed by atoms with Crippen LogP contribution in [0.3, 0.4) is 0 Å². The molecule has 0 aliphatic carbocycles. The van der Waals surface area contributed by atoms with Crippen LogP contribution in [-0.4, -0.2) is 46.2 Å². The maximum Gasteiger partial charge on any atom is 0.410 e. The van der Waals surface area contributed by atoms with E-state index in [2.05, 4.69) is 10.6 Å². The molecule has 1 aliphatic heterocycles. The number of halogens is 2. The van der Waals surface area contributed by atoms with Crippen molar-refractivity contribution >= 4 is 44.9 Å². The molecule has 0 saturated carbocycles. The fourth-order valence-corrected chi connectivity index (χ4v) is 5.71. The molecule has 5 rings (SSSR count). The van der Waals surface area contributed by atoms with Gasteiger partial charge in [0, 0.05) is 36.7 Å². The van der Waals surface area contributed by atoms with E-state index >= 15 is 0 Å². The van der Waals surface area contributed by atoms with Crippen LogP contribution in [0.15, 0.2) is 65.5 Å². The lowest BCUT2D eigenvalue weighted by atomic mass is 10.2. The minimum absolute atomic E-state index is 0.0235. The molecule has 11 heteroatoms. The second-order valence-electron chi connectivity index (χ2n) is 10.5. The lowest BCUT2D eigenvalue weighted by molar-refractivity contribution is 0.0290. The van der Waals surface area contributed by atoms with Gasteiger partial charge >= 0.3 is 6.09 Å². The summed E-state index contributed by atoms with van der Waals surface area (Å²) in [5.74, 6) is -2.01. The summed E-state index contributed by atoms with van der Waals surface area (Å²) >= 11 is 1.08. The molecular weight excluding hydrogens is 538 g/mol. The van der Waals surface area contributed by atoms with Gasteiger partial charge in [-0.05, 0) is 57.5 Å². The summed E-state index contributed by atoms with van der Waals surface area (Å²) in [6.45, 7) is 6.06. The molecule has 0 spiro atoms. The Hall–Kier alpha value is -4.25. The quantitative estimate of drug-likeness (QED) is 0.318. The van der Waals surface area contributed by atoms with Crippen molar-refractivity contribution in [3.63, 3.8) is 0 Å². The minimum Gasteiger partial charge on any atom is -0.444 e. The molecule has 8 nitrogen and oxygen atoms in total.